The fourth-order valence-corrected chi connectivity index (χ4v) is 1.58. The van der Waals surface area contributed by atoms with Gasteiger partial charge in [-0.25, -0.2) is 4.79 Å². The SMILES string of the molecule is CCCC(C)(NC(=O)CC(C)(C)C(F)(F)F)C(=O)O. The van der Waals surface area contributed by atoms with Crippen LogP contribution in [0.2, 0.25) is 0 Å². The van der Waals surface area contributed by atoms with E-state index in [1.807, 2.05) is 0 Å². The van der Waals surface area contributed by atoms with E-state index in [-0.39, 0.29) is 6.42 Å². The summed E-state index contributed by atoms with van der Waals surface area (Å²) in [5.41, 5.74) is -3.73. The van der Waals surface area contributed by atoms with Crippen molar-refractivity contribution in [3.05, 3.63) is 0 Å². The third-order valence-electron chi connectivity index (χ3n) is 3.01. The van der Waals surface area contributed by atoms with Crippen LogP contribution in [0.3, 0.4) is 0 Å². The van der Waals surface area contributed by atoms with E-state index in [0.717, 1.165) is 13.8 Å². The fourth-order valence-electron chi connectivity index (χ4n) is 1.58. The van der Waals surface area contributed by atoms with E-state index >= 15 is 0 Å². The molecule has 19 heavy (non-hydrogen) atoms. The van der Waals surface area contributed by atoms with E-state index in [9.17, 15) is 22.8 Å². The smallest absolute Gasteiger partial charge is 0.394 e. The van der Waals surface area contributed by atoms with Crippen molar-refractivity contribution in [2.45, 2.75) is 58.7 Å². The van der Waals surface area contributed by atoms with Gasteiger partial charge in [0.2, 0.25) is 5.91 Å². The van der Waals surface area contributed by atoms with Crippen LogP contribution in [0.25, 0.3) is 0 Å². The third kappa shape index (κ3) is 4.72. The Hall–Kier alpha value is -1.27. The Morgan fingerprint density at radius 3 is 1.95 bits per heavy atom. The van der Waals surface area contributed by atoms with Crippen molar-refractivity contribution in [2.75, 3.05) is 0 Å². The molecule has 0 saturated carbocycles. The number of rotatable bonds is 6. The average Bonchev–Trinajstić information content (AvgIpc) is 2.14. The van der Waals surface area contributed by atoms with E-state index in [1.54, 1.807) is 6.92 Å². The summed E-state index contributed by atoms with van der Waals surface area (Å²) < 4.78 is 37.9. The van der Waals surface area contributed by atoms with Crippen LogP contribution < -0.4 is 5.32 Å². The molecule has 0 aliphatic carbocycles. The van der Waals surface area contributed by atoms with Gasteiger partial charge >= 0.3 is 12.1 Å². The number of alkyl halides is 3. The molecule has 0 rings (SSSR count). The maximum absolute atomic E-state index is 12.6. The molecule has 0 spiro atoms. The van der Waals surface area contributed by atoms with Crippen LogP contribution >= 0.6 is 0 Å². The highest BCUT2D eigenvalue weighted by Gasteiger charge is 2.49. The Kier molecular flexibility index (Phi) is 5.41. The van der Waals surface area contributed by atoms with E-state index in [1.165, 1.54) is 6.92 Å². The Labute approximate surface area is 110 Å². The number of hydrogen-bond donors (Lipinski definition) is 2. The van der Waals surface area contributed by atoms with Crippen molar-refractivity contribution in [1.29, 1.82) is 0 Å². The second kappa shape index (κ2) is 5.79. The Balaban J connectivity index is 4.83. The highest BCUT2D eigenvalue weighted by Crippen LogP contribution is 2.40. The minimum atomic E-state index is -4.52. The first kappa shape index (κ1) is 17.7. The molecule has 0 heterocycles. The van der Waals surface area contributed by atoms with Crippen LogP contribution in [0, 0.1) is 5.41 Å². The average molecular weight is 283 g/mol. The van der Waals surface area contributed by atoms with Crippen LogP contribution in [0.4, 0.5) is 13.2 Å². The predicted octanol–water partition coefficient (Wildman–Crippen LogP) is 2.72. The number of carbonyl (C=O) groups excluding carboxylic acids is 1. The fraction of sp³-hybridized carbons (Fsp3) is 0.833. The highest BCUT2D eigenvalue weighted by molar-refractivity contribution is 5.86. The first-order valence-corrected chi connectivity index (χ1v) is 5.97. The molecule has 0 aliphatic rings. The molecule has 0 aromatic carbocycles. The maximum Gasteiger partial charge on any atom is 0.394 e. The molecule has 1 atom stereocenters. The van der Waals surface area contributed by atoms with Gasteiger partial charge in [0.05, 0.1) is 5.41 Å². The number of amides is 1. The lowest BCUT2D eigenvalue weighted by atomic mass is 9.87. The first-order valence-electron chi connectivity index (χ1n) is 5.97. The van der Waals surface area contributed by atoms with E-state index < -0.39 is 35.4 Å². The molecule has 4 nitrogen and oxygen atoms in total. The molecule has 7 heteroatoms. The molecule has 0 bridgehead atoms. The highest BCUT2D eigenvalue weighted by atomic mass is 19.4. The molecule has 112 valence electrons. The molecular formula is C12H20F3NO3. The molecule has 2 N–H and O–H groups in total. The quantitative estimate of drug-likeness (QED) is 0.787. The second-order valence-electron chi connectivity index (χ2n) is 5.49. The van der Waals surface area contributed by atoms with Gasteiger partial charge in [0, 0.05) is 6.42 Å². The van der Waals surface area contributed by atoms with Gasteiger partial charge in [-0.3, -0.25) is 4.79 Å². The van der Waals surface area contributed by atoms with Gasteiger partial charge in [-0.2, -0.15) is 13.2 Å². The Morgan fingerprint density at radius 2 is 1.63 bits per heavy atom. The Morgan fingerprint density at radius 1 is 1.16 bits per heavy atom. The van der Waals surface area contributed by atoms with Crippen molar-refractivity contribution < 1.29 is 27.9 Å². The van der Waals surface area contributed by atoms with Crippen molar-refractivity contribution in [1.82, 2.24) is 5.32 Å². The normalized spacial score (nSPS) is 15.7. The predicted molar refractivity (Wildman–Crippen MR) is 63.5 cm³/mol. The number of hydrogen-bond acceptors (Lipinski definition) is 2. The van der Waals surface area contributed by atoms with Crippen LogP contribution in [0.15, 0.2) is 0 Å². The van der Waals surface area contributed by atoms with Gasteiger partial charge in [0.15, 0.2) is 0 Å². The summed E-state index contributed by atoms with van der Waals surface area (Å²) in [4.78, 5) is 22.7. The summed E-state index contributed by atoms with van der Waals surface area (Å²) in [5.74, 6) is -2.17. The lowest BCUT2D eigenvalue weighted by Gasteiger charge is -2.30. The zero-order valence-electron chi connectivity index (χ0n) is 11.5. The second-order valence-corrected chi connectivity index (χ2v) is 5.49. The number of aliphatic carboxylic acids is 1. The summed E-state index contributed by atoms with van der Waals surface area (Å²) in [6, 6.07) is 0. The van der Waals surface area contributed by atoms with E-state index in [4.69, 9.17) is 5.11 Å². The molecule has 0 aromatic heterocycles. The summed E-state index contributed by atoms with van der Waals surface area (Å²) >= 11 is 0. The van der Waals surface area contributed by atoms with Crippen molar-refractivity contribution in [2.24, 2.45) is 5.41 Å². The number of nitrogens with one attached hydrogen (secondary N) is 1. The zero-order valence-corrected chi connectivity index (χ0v) is 11.5. The number of halogens is 3. The van der Waals surface area contributed by atoms with Crippen molar-refractivity contribution >= 4 is 11.9 Å². The summed E-state index contributed by atoms with van der Waals surface area (Å²) in [6.07, 6.45) is -4.68. The third-order valence-corrected chi connectivity index (χ3v) is 3.01. The molecule has 0 fully saturated rings. The summed E-state index contributed by atoms with van der Waals surface area (Å²) in [5, 5.41) is 11.2. The summed E-state index contributed by atoms with van der Waals surface area (Å²) in [7, 11) is 0. The maximum atomic E-state index is 12.6. The van der Waals surface area contributed by atoms with Gasteiger partial charge < -0.3 is 10.4 Å². The van der Waals surface area contributed by atoms with Gasteiger partial charge in [-0.05, 0) is 13.3 Å². The minimum Gasteiger partial charge on any atom is -0.480 e. The van der Waals surface area contributed by atoms with Crippen LogP contribution in [-0.2, 0) is 9.59 Å². The lowest BCUT2D eigenvalue weighted by Crippen LogP contribution is -2.53. The number of carboxylic acid groups (broad SMARTS) is 1. The standard InChI is InChI=1S/C12H20F3NO3/c1-5-6-11(4,9(18)19)16-8(17)7-10(2,3)12(13,14)15/h5-7H2,1-4H3,(H,16,17)(H,18,19). The lowest BCUT2D eigenvalue weighted by molar-refractivity contribution is -0.214. The monoisotopic (exact) mass is 283 g/mol. The van der Waals surface area contributed by atoms with Crippen molar-refractivity contribution in [3.63, 3.8) is 0 Å². The Bertz CT molecular complexity index is 353. The molecule has 0 saturated heterocycles. The van der Waals surface area contributed by atoms with Crippen molar-refractivity contribution in [3.8, 4) is 0 Å². The molecule has 0 radical (unpaired) electrons. The molecule has 0 aliphatic heterocycles. The number of carboxylic acids is 1. The number of carbonyl (C=O) groups is 2. The molecular weight excluding hydrogens is 263 g/mol. The zero-order chi connectivity index (χ0) is 15.5. The van der Waals surface area contributed by atoms with Crippen LogP contribution in [-0.4, -0.2) is 28.7 Å². The molecule has 1 amide bonds. The van der Waals surface area contributed by atoms with Gasteiger partial charge in [0.1, 0.15) is 5.54 Å². The van der Waals surface area contributed by atoms with Gasteiger partial charge in [-0.15, -0.1) is 0 Å². The largest absolute Gasteiger partial charge is 0.480 e. The van der Waals surface area contributed by atoms with Gasteiger partial charge in [-0.1, -0.05) is 27.2 Å². The molecule has 1 unspecified atom stereocenters. The van der Waals surface area contributed by atoms with Gasteiger partial charge in [0.25, 0.3) is 0 Å². The van der Waals surface area contributed by atoms with E-state index in [2.05, 4.69) is 5.32 Å². The minimum absolute atomic E-state index is 0.153. The molecule has 0 aromatic rings. The summed E-state index contributed by atoms with van der Waals surface area (Å²) in [6.45, 7) is 4.83. The topological polar surface area (TPSA) is 66.4 Å². The van der Waals surface area contributed by atoms with Crippen LogP contribution in [0.5, 0.6) is 0 Å². The van der Waals surface area contributed by atoms with E-state index in [0.29, 0.717) is 6.42 Å². The van der Waals surface area contributed by atoms with Crippen LogP contribution in [0.1, 0.15) is 47.0 Å². The first-order chi connectivity index (χ1) is 8.35.